The number of carboxylic acids is 1. The van der Waals surface area contributed by atoms with Gasteiger partial charge in [0.15, 0.2) is 0 Å². The van der Waals surface area contributed by atoms with E-state index in [0.29, 0.717) is 16.7 Å². The number of furan rings is 1. The first-order chi connectivity index (χ1) is 10.5. The zero-order valence-electron chi connectivity index (χ0n) is 11.2. The summed E-state index contributed by atoms with van der Waals surface area (Å²) in [4.78, 5) is 34.0. The Kier molecular flexibility index (Phi) is 3.38. The molecule has 0 unspecified atom stereocenters. The fourth-order valence-corrected chi connectivity index (χ4v) is 2.75. The van der Waals surface area contributed by atoms with Gasteiger partial charge in [0.2, 0.25) is 5.76 Å². The molecule has 2 amide bonds. The highest BCUT2D eigenvalue weighted by molar-refractivity contribution is 8.18. The number of carboxylic acid groups (broad SMARTS) is 1. The molecule has 1 saturated heterocycles. The first-order valence-electron chi connectivity index (χ1n) is 6.08. The Hall–Kier alpha value is -2.74. The fraction of sp³-hybridized carbons (Fsp3) is 0.0714. The van der Waals surface area contributed by atoms with Crippen molar-refractivity contribution >= 4 is 45.9 Å². The van der Waals surface area contributed by atoms with Gasteiger partial charge in [-0.05, 0) is 30.0 Å². The molecular formula is C14H9NO6S. The van der Waals surface area contributed by atoms with Crippen LogP contribution in [0.5, 0.6) is 5.75 Å². The summed E-state index contributed by atoms with van der Waals surface area (Å²) >= 11 is 0.772. The van der Waals surface area contributed by atoms with Gasteiger partial charge >= 0.3 is 5.97 Å². The zero-order chi connectivity index (χ0) is 15.9. The number of nitrogens with one attached hydrogen (secondary N) is 1. The number of thioether (sulfide) groups is 1. The van der Waals surface area contributed by atoms with Crippen LogP contribution in [-0.2, 0) is 4.79 Å². The second-order valence-electron chi connectivity index (χ2n) is 4.37. The third kappa shape index (κ3) is 2.33. The molecule has 7 nitrogen and oxygen atoms in total. The Morgan fingerprint density at radius 3 is 2.77 bits per heavy atom. The second-order valence-corrected chi connectivity index (χ2v) is 5.38. The molecule has 0 radical (unpaired) electrons. The molecule has 22 heavy (non-hydrogen) atoms. The number of aromatic carboxylic acids is 1. The summed E-state index contributed by atoms with van der Waals surface area (Å²) in [5.41, 5.74) is 0.757. The standard InChI is InChI=1S/C14H9NO6S/c1-20-8-3-2-6(4-10-12(16)15-14(19)22-10)11-7(8)5-9(21-11)13(17)18/h2-5H,1H3,(H,17,18)(H,15,16,19)/b10-4+. The van der Waals surface area contributed by atoms with Gasteiger partial charge < -0.3 is 14.3 Å². The Bertz CT molecular complexity index is 850. The summed E-state index contributed by atoms with van der Waals surface area (Å²) in [5.74, 6) is -1.49. The van der Waals surface area contributed by atoms with Crippen molar-refractivity contribution in [2.24, 2.45) is 0 Å². The molecule has 1 fully saturated rings. The first kappa shape index (κ1) is 14.2. The van der Waals surface area contributed by atoms with Gasteiger partial charge in [-0.3, -0.25) is 14.9 Å². The minimum Gasteiger partial charge on any atom is -0.496 e. The lowest BCUT2D eigenvalue weighted by molar-refractivity contribution is -0.115. The van der Waals surface area contributed by atoms with Gasteiger partial charge in [0, 0.05) is 11.6 Å². The number of imide groups is 1. The summed E-state index contributed by atoms with van der Waals surface area (Å²) in [7, 11) is 1.46. The maximum atomic E-state index is 11.6. The average Bonchev–Trinajstić information content (AvgIpc) is 3.04. The molecule has 0 atom stereocenters. The minimum atomic E-state index is -1.21. The molecule has 1 aliphatic heterocycles. The molecule has 3 rings (SSSR count). The summed E-state index contributed by atoms with van der Waals surface area (Å²) in [5, 5.41) is 11.2. The molecule has 1 aromatic carbocycles. The number of ether oxygens (including phenoxy) is 1. The number of carbonyl (C=O) groups excluding carboxylic acids is 2. The van der Waals surface area contributed by atoms with Gasteiger partial charge in [0.05, 0.1) is 17.4 Å². The Labute approximate surface area is 127 Å². The van der Waals surface area contributed by atoms with E-state index in [2.05, 4.69) is 5.32 Å². The highest BCUT2D eigenvalue weighted by atomic mass is 32.2. The number of carbonyl (C=O) groups is 3. The molecule has 0 spiro atoms. The van der Waals surface area contributed by atoms with Crippen LogP contribution in [0.2, 0.25) is 0 Å². The van der Waals surface area contributed by atoms with Crippen LogP contribution in [0.15, 0.2) is 27.5 Å². The van der Waals surface area contributed by atoms with Crippen molar-refractivity contribution in [2.45, 2.75) is 0 Å². The number of benzene rings is 1. The van der Waals surface area contributed by atoms with Gasteiger partial charge in [-0.2, -0.15) is 0 Å². The van der Waals surface area contributed by atoms with Crippen LogP contribution >= 0.6 is 11.8 Å². The van der Waals surface area contributed by atoms with Crippen molar-refractivity contribution in [3.63, 3.8) is 0 Å². The third-order valence-corrected chi connectivity index (χ3v) is 3.84. The van der Waals surface area contributed by atoms with Crippen molar-refractivity contribution in [1.29, 1.82) is 0 Å². The predicted octanol–water partition coefficient (Wildman–Crippen LogP) is 2.46. The smallest absolute Gasteiger partial charge is 0.371 e. The molecule has 0 bridgehead atoms. The maximum Gasteiger partial charge on any atom is 0.371 e. The van der Waals surface area contributed by atoms with Crippen LogP contribution < -0.4 is 10.1 Å². The van der Waals surface area contributed by atoms with Crippen LogP contribution in [0.3, 0.4) is 0 Å². The number of hydrogen-bond acceptors (Lipinski definition) is 6. The number of methoxy groups -OCH3 is 1. The first-order valence-corrected chi connectivity index (χ1v) is 6.90. The minimum absolute atomic E-state index is 0.213. The van der Waals surface area contributed by atoms with Crippen LogP contribution in [0.4, 0.5) is 4.79 Å². The van der Waals surface area contributed by atoms with Crippen LogP contribution in [0.25, 0.3) is 17.0 Å². The maximum absolute atomic E-state index is 11.6. The number of hydrogen-bond donors (Lipinski definition) is 2. The molecule has 112 valence electrons. The van der Waals surface area contributed by atoms with E-state index in [9.17, 15) is 14.4 Å². The lowest BCUT2D eigenvalue weighted by Crippen LogP contribution is -2.17. The second kappa shape index (κ2) is 5.23. The van der Waals surface area contributed by atoms with Gasteiger partial charge in [-0.25, -0.2) is 4.79 Å². The highest BCUT2D eigenvalue weighted by Gasteiger charge is 2.26. The lowest BCUT2D eigenvalue weighted by atomic mass is 10.1. The summed E-state index contributed by atoms with van der Waals surface area (Å²) < 4.78 is 10.5. The normalized spacial score (nSPS) is 16.3. The van der Waals surface area contributed by atoms with Crippen molar-refractivity contribution in [1.82, 2.24) is 5.32 Å². The Morgan fingerprint density at radius 2 is 2.18 bits per heavy atom. The molecule has 1 aromatic heterocycles. The largest absolute Gasteiger partial charge is 0.496 e. The summed E-state index contributed by atoms with van der Waals surface area (Å²) in [6.45, 7) is 0. The number of fused-ring (bicyclic) bond motifs is 1. The Balaban J connectivity index is 2.18. The predicted molar refractivity (Wildman–Crippen MR) is 78.8 cm³/mol. The number of rotatable bonds is 3. The summed E-state index contributed by atoms with van der Waals surface area (Å²) in [6, 6.07) is 4.61. The molecule has 2 aromatic rings. The monoisotopic (exact) mass is 319 g/mol. The van der Waals surface area contributed by atoms with E-state index in [1.165, 1.54) is 19.3 Å². The molecule has 0 saturated carbocycles. The number of amides is 2. The molecule has 2 heterocycles. The van der Waals surface area contributed by atoms with Gasteiger partial charge in [-0.15, -0.1) is 0 Å². The fourth-order valence-electron chi connectivity index (χ4n) is 2.08. The van der Waals surface area contributed by atoms with E-state index < -0.39 is 17.1 Å². The molecule has 0 aliphatic carbocycles. The van der Waals surface area contributed by atoms with E-state index >= 15 is 0 Å². The van der Waals surface area contributed by atoms with E-state index in [1.54, 1.807) is 12.1 Å². The topological polar surface area (TPSA) is 106 Å². The van der Waals surface area contributed by atoms with Crippen LogP contribution in [0.1, 0.15) is 16.1 Å². The lowest BCUT2D eigenvalue weighted by Gasteiger charge is -2.03. The van der Waals surface area contributed by atoms with Crippen LogP contribution in [-0.4, -0.2) is 29.3 Å². The SMILES string of the molecule is COc1ccc(/C=C2/SC(=O)NC2=O)c2oc(C(=O)O)cc12. The van der Waals surface area contributed by atoms with Gasteiger partial charge in [-0.1, -0.05) is 0 Å². The van der Waals surface area contributed by atoms with Crippen molar-refractivity contribution in [3.05, 3.63) is 34.4 Å². The highest BCUT2D eigenvalue weighted by Crippen LogP contribution is 2.34. The molecule has 1 aliphatic rings. The van der Waals surface area contributed by atoms with Gasteiger partial charge in [0.25, 0.3) is 11.1 Å². The molecule has 2 N–H and O–H groups in total. The van der Waals surface area contributed by atoms with Crippen molar-refractivity contribution < 1.29 is 28.6 Å². The molecular weight excluding hydrogens is 310 g/mol. The zero-order valence-corrected chi connectivity index (χ0v) is 12.0. The van der Waals surface area contributed by atoms with Crippen molar-refractivity contribution in [3.8, 4) is 5.75 Å². The van der Waals surface area contributed by atoms with E-state index in [0.717, 1.165) is 11.8 Å². The van der Waals surface area contributed by atoms with E-state index in [-0.39, 0.29) is 16.2 Å². The third-order valence-electron chi connectivity index (χ3n) is 3.03. The Morgan fingerprint density at radius 1 is 1.41 bits per heavy atom. The van der Waals surface area contributed by atoms with E-state index in [4.69, 9.17) is 14.3 Å². The van der Waals surface area contributed by atoms with Gasteiger partial charge in [0.1, 0.15) is 11.3 Å². The van der Waals surface area contributed by atoms with Crippen LogP contribution in [0, 0.1) is 0 Å². The average molecular weight is 319 g/mol. The quantitative estimate of drug-likeness (QED) is 0.837. The van der Waals surface area contributed by atoms with Crippen molar-refractivity contribution in [2.75, 3.05) is 7.11 Å². The molecule has 8 heteroatoms. The summed E-state index contributed by atoms with van der Waals surface area (Å²) in [6.07, 6.45) is 1.47. The van der Waals surface area contributed by atoms with E-state index in [1.807, 2.05) is 0 Å².